The molecule has 0 N–H and O–H groups in total. The first kappa shape index (κ1) is 25.2. The van der Waals surface area contributed by atoms with Crippen molar-refractivity contribution < 1.29 is 28.4 Å². The summed E-state index contributed by atoms with van der Waals surface area (Å²) in [4.78, 5) is 37.0. The summed E-state index contributed by atoms with van der Waals surface area (Å²) in [5.74, 6) is -0.216. The molecular formula is C25H18ClFN2O6S. The molecule has 0 saturated carbocycles. The lowest BCUT2D eigenvalue weighted by Gasteiger charge is -2.13. The number of hydrogen-bond donors (Lipinski definition) is 0. The van der Waals surface area contributed by atoms with Crippen molar-refractivity contribution in [3.63, 3.8) is 0 Å². The zero-order chi connectivity index (χ0) is 25.8. The Kier molecular flexibility index (Phi) is 7.56. The normalized spacial score (nSPS) is 14.4. The lowest BCUT2D eigenvalue weighted by Crippen LogP contribution is -2.27. The van der Waals surface area contributed by atoms with Crippen molar-refractivity contribution in [2.75, 3.05) is 7.11 Å². The van der Waals surface area contributed by atoms with Gasteiger partial charge in [-0.2, -0.15) is 0 Å². The molecule has 0 spiro atoms. The predicted molar refractivity (Wildman–Crippen MR) is 133 cm³/mol. The standard InChI is InChI=1S/C25H18ClFN2O6S/c1-34-22-10-15(5-8-21(22)35-14-16-3-2-4-19(9-16)29(32)33)11-23-24(30)28(25(31)36-23)13-17-6-7-18(27)12-20(17)26/h2-12H,13-14H2,1H3/b23-11-. The van der Waals surface area contributed by atoms with Gasteiger partial charge in [0.05, 0.1) is 23.5 Å². The molecule has 3 aromatic rings. The molecule has 36 heavy (non-hydrogen) atoms. The molecule has 1 aliphatic rings. The molecule has 0 unspecified atom stereocenters. The van der Waals surface area contributed by atoms with E-state index in [-0.39, 0.29) is 28.8 Å². The van der Waals surface area contributed by atoms with Crippen molar-refractivity contribution in [3.05, 3.63) is 103 Å². The van der Waals surface area contributed by atoms with Gasteiger partial charge in [-0.15, -0.1) is 0 Å². The van der Waals surface area contributed by atoms with Crippen LogP contribution in [0.5, 0.6) is 11.5 Å². The topological polar surface area (TPSA) is 99.0 Å². The number of carbonyl (C=O) groups is 2. The molecule has 0 aliphatic carbocycles. The van der Waals surface area contributed by atoms with Crippen LogP contribution in [-0.4, -0.2) is 28.1 Å². The van der Waals surface area contributed by atoms with E-state index in [1.165, 1.54) is 31.4 Å². The van der Waals surface area contributed by atoms with Crippen molar-refractivity contribution in [1.29, 1.82) is 0 Å². The summed E-state index contributed by atoms with van der Waals surface area (Å²) >= 11 is 6.83. The fraction of sp³-hybridized carbons (Fsp3) is 0.120. The summed E-state index contributed by atoms with van der Waals surface area (Å²) < 4.78 is 24.5. The second kappa shape index (κ2) is 10.8. The third-order valence-corrected chi connectivity index (χ3v) is 6.48. The fourth-order valence-electron chi connectivity index (χ4n) is 3.42. The largest absolute Gasteiger partial charge is 0.493 e. The number of thioether (sulfide) groups is 1. The minimum Gasteiger partial charge on any atom is -0.493 e. The fourth-order valence-corrected chi connectivity index (χ4v) is 4.49. The summed E-state index contributed by atoms with van der Waals surface area (Å²) in [7, 11) is 1.46. The van der Waals surface area contributed by atoms with Gasteiger partial charge in [-0.25, -0.2) is 4.39 Å². The number of halogens is 2. The third-order valence-electron chi connectivity index (χ3n) is 5.22. The molecule has 11 heteroatoms. The number of amides is 2. The van der Waals surface area contributed by atoms with Gasteiger partial charge in [0, 0.05) is 17.2 Å². The van der Waals surface area contributed by atoms with E-state index in [1.807, 2.05) is 0 Å². The maximum absolute atomic E-state index is 13.3. The van der Waals surface area contributed by atoms with Crippen LogP contribution in [0.1, 0.15) is 16.7 Å². The van der Waals surface area contributed by atoms with Crippen LogP contribution in [0, 0.1) is 15.9 Å². The van der Waals surface area contributed by atoms with Crippen LogP contribution in [0.3, 0.4) is 0 Å². The Labute approximate surface area is 214 Å². The highest BCUT2D eigenvalue weighted by molar-refractivity contribution is 8.18. The molecule has 0 bridgehead atoms. The van der Waals surface area contributed by atoms with Crippen molar-refractivity contribution in [2.45, 2.75) is 13.2 Å². The Bertz CT molecular complexity index is 1400. The van der Waals surface area contributed by atoms with Gasteiger partial charge in [-0.05, 0) is 58.8 Å². The monoisotopic (exact) mass is 528 g/mol. The zero-order valence-electron chi connectivity index (χ0n) is 18.8. The first-order chi connectivity index (χ1) is 17.2. The highest BCUT2D eigenvalue weighted by atomic mass is 35.5. The Morgan fingerprint density at radius 1 is 1.11 bits per heavy atom. The van der Waals surface area contributed by atoms with Gasteiger partial charge < -0.3 is 9.47 Å². The SMILES string of the molecule is COc1cc(/C=C2\SC(=O)N(Cc3ccc(F)cc3Cl)C2=O)ccc1OCc1cccc([N+](=O)[O-])c1. The van der Waals surface area contributed by atoms with Crippen LogP contribution in [0.15, 0.2) is 65.6 Å². The second-order valence-corrected chi connectivity index (χ2v) is 9.03. The van der Waals surface area contributed by atoms with Gasteiger partial charge >= 0.3 is 0 Å². The minimum atomic E-state index is -0.510. The molecule has 0 atom stereocenters. The maximum atomic E-state index is 13.3. The molecule has 4 rings (SSSR count). The number of rotatable bonds is 8. The Balaban J connectivity index is 1.48. The number of non-ortho nitro benzene ring substituents is 1. The van der Waals surface area contributed by atoms with E-state index >= 15 is 0 Å². The van der Waals surface area contributed by atoms with Crippen LogP contribution in [0.4, 0.5) is 14.9 Å². The number of ether oxygens (including phenoxy) is 2. The summed E-state index contributed by atoms with van der Waals surface area (Å²) in [5, 5.41) is 10.6. The summed E-state index contributed by atoms with van der Waals surface area (Å²) in [6.45, 7) is 0.0110. The van der Waals surface area contributed by atoms with Gasteiger partial charge in [0.1, 0.15) is 12.4 Å². The lowest BCUT2D eigenvalue weighted by molar-refractivity contribution is -0.384. The molecule has 2 amide bonds. The van der Waals surface area contributed by atoms with E-state index in [0.29, 0.717) is 28.2 Å². The van der Waals surface area contributed by atoms with Crippen LogP contribution in [-0.2, 0) is 17.9 Å². The van der Waals surface area contributed by atoms with Gasteiger partial charge in [-0.1, -0.05) is 35.9 Å². The van der Waals surface area contributed by atoms with Gasteiger partial charge in [-0.3, -0.25) is 24.6 Å². The van der Waals surface area contributed by atoms with Crippen LogP contribution in [0.25, 0.3) is 6.08 Å². The molecule has 8 nitrogen and oxygen atoms in total. The highest BCUT2D eigenvalue weighted by Gasteiger charge is 2.35. The maximum Gasteiger partial charge on any atom is 0.293 e. The van der Waals surface area contributed by atoms with E-state index in [2.05, 4.69) is 0 Å². The first-order valence-electron chi connectivity index (χ1n) is 10.5. The van der Waals surface area contributed by atoms with Gasteiger partial charge in [0.25, 0.3) is 16.8 Å². The van der Waals surface area contributed by atoms with E-state index in [4.69, 9.17) is 21.1 Å². The minimum absolute atomic E-state index is 0.0333. The number of carbonyl (C=O) groups excluding carboxylic acids is 2. The number of nitro benzene ring substituents is 1. The molecule has 1 fully saturated rings. The van der Waals surface area contributed by atoms with E-state index in [1.54, 1.807) is 36.4 Å². The van der Waals surface area contributed by atoms with Gasteiger partial charge in [0.2, 0.25) is 0 Å². The van der Waals surface area contributed by atoms with E-state index in [9.17, 15) is 24.1 Å². The van der Waals surface area contributed by atoms with Crippen LogP contribution in [0.2, 0.25) is 5.02 Å². The highest BCUT2D eigenvalue weighted by Crippen LogP contribution is 2.36. The Morgan fingerprint density at radius 2 is 1.92 bits per heavy atom. The lowest BCUT2D eigenvalue weighted by atomic mass is 10.1. The molecular weight excluding hydrogens is 511 g/mol. The summed E-state index contributed by atoms with van der Waals surface area (Å²) in [6, 6.07) is 14.9. The quantitative estimate of drug-likeness (QED) is 0.195. The number of methoxy groups -OCH3 is 1. The molecule has 184 valence electrons. The van der Waals surface area contributed by atoms with E-state index in [0.717, 1.165) is 22.7 Å². The first-order valence-corrected chi connectivity index (χ1v) is 11.7. The molecule has 3 aromatic carbocycles. The smallest absolute Gasteiger partial charge is 0.293 e. The third kappa shape index (κ3) is 5.67. The molecule has 1 aliphatic heterocycles. The molecule has 0 aromatic heterocycles. The average Bonchev–Trinajstić information content (AvgIpc) is 3.12. The molecule has 1 heterocycles. The van der Waals surface area contributed by atoms with Crippen LogP contribution >= 0.6 is 23.4 Å². The predicted octanol–water partition coefficient (Wildman–Crippen LogP) is 6.21. The number of hydrogen-bond acceptors (Lipinski definition) is 7. The van der Waals surface area contributed by atoms with Crippen molar-refractivity contribution in [2.24, 2.45) is 0 Å². The second-order valence-electron chi connectivity index (χ2n) is 7.63. The molecule has 1 saturated heterocycles. The van der Waals surface area contributed by atoms with Crippen molar-refractivity contribution in [3.8, 4) is 11.5 Å². The van der Waals surface area contributed by atoms with Crippen LogP contribution < -0.4 is 9.47 Å². The number of benzene rings is 3. The van der Waals surface area contributed by atoms with Crippen molar-refractivity contribution >= 4 is 46.3 Å². The van der Waals surface area contributed by atoms with Gasteiger partial charge in [0.15, 0.2) is 11.5 Å². The average molecular weight is 529 g/mol. The van der Waals surface area contributed by atoms with E-state index < -0.39 is 21.9 Å². The summed E-state index contributed by atoms with van der Waals surface area (Å²) in [5.41, 5.74) is 1.63. The van der Waals surface area contributed by atoms with Crippen molar-refractivity contribution in [1.82, 2.24) is 4.90 Å². The Morgan fingerprint density at radius 3 is 2.64 bits per heavy atom. The number of nitrogens with zero attached hydrogens (tertiary/aromatic N) is 2. The number of nitro groups is 1. The summed E-state index contributed by atoms with van der Waals surface area (Å²) in [6.07, 6.45) is 1.56. The Hall–Kier alpha value is -3.89. The molecule has 0 radical (unpaired) electrons. The zero-order valence-corrected chi connectivity index (χ0v) is 20.3. The number of imide groups is 1.